The molecule has 0 saturated carbocycles. The van der Waals surface area contributed by atoms with Crippen LogP contribution >= 0.6 is 11.3 Å². The SMILES string of the molecule is CCN(C(=O)Cc1ccccc1F)c1nc(-c2ccncc2)cs1. The number of rotatable bonds is 5. The smallest absolute Gasteiger partial charge is 0.233 e. The van der Waals surface area contributed by atoms with Gasteiger partial charge in [-0.15, -0.1) is 11.3 Å². The van der Waals surface area contributed by atoms with E-state index in [1.807, 2.05) is 24.4 Å². The van der Waals surface area contributed by atoms with Crippen LogP contribution in [-0.2, 0) is 11.2 Å². The monoisotopic (exact) mass is 341 g/mol. The van der Waals surface area contributed by atoms with E-state index in [-0.39, 0.29) is 18.1 Å². The molecule has 6 heteroatoms. The van der Waals surface area contributed by atoms with Crippen LogP contribution in [0.15, 0.2) is 54.2 Å². The second kappa shape index (κ2) is 7.31. The van der Waals surface area contributed by atoms with E-state index < -0.39 is 0 Å². The lowest BCUT2D eigenvalue weighted by Gasteiger charge is -2.17. The van der Waals surface area contributed by atoms with Gasteiger partial charge in [0.15, 0.2) is 5.13 Å². The Morgan fingerprint density at radius 2 is 1.96 bits per heavy atom. The maximum absolute atomic E-state index is 13.8. The molecule has 2 heterocycles. The molecule has 0 bridgehead atoms. The van der Waals surface area contributed by atoms with Crippen molar-refractivity contribution >= 4 is 22.4 Å². The molecule has 122 valence electrons. The second-order valence-electron chi connectivity index (χ2n) is 5.16. The maximum Gasteiger partial charge on any atom is 0.233 e. The van der Waals surface area contributed by atoms with Crippen LogP contribution in [0.5, 0.6) is 0 Å². The summed E-state index contributed by atoms with van der Waals surface area (Å²) in [7, 11) is 0. The van der Waals surface area contributed by atoms with Crippen LogP contribution in [0.1, 0.15) is 12.5 Å². The lowest BCUT2D eigenvalue weighted by Crippen LogP contribution is -2.32. The van der Waals surface area contributed by atoms with E-state index in [0.29, 0.717) is 17.2 Å². The fourth-order valence-electron chi connectivity index (χ4n) is 2.36. The quantitative estimate of drug-likeness (QED) is 0.706. The summed E-state index contributed by atoms with van der Waals surface area (Å²) < 4.78 is 13.8. The molecule has 1 aromatic carbocycles. The van der Waals surface area contributed by atoms with Gasteiger partial charge in [-0.2, -0.15) is 0 Å². The van der Waals surface area contributed by atoms with E-state index in [1.165, 1.54) is 17.4 Å². The summed E-state index contributed by atoms with van der Waals surface area (Å²) in [5.74, 6) is -0.531. The highest BCUT2D eigenvalue weighted by molar-refractivity contribution is 7.14. The van der Waals surface area contributed by atoms with Gasteiger partial charge in [-0.25, -0.2) is 9.37 Å². The minimum Gasteiger partial charge on any atom is -0.288 e. The van der Waals surface area contributed by atoms with Gasteiger partial charge in [0.1, 0.15) is 5.82 Å². The number of carbonyl (C=O) groups is 1. The third-order valence-electron chi connectivity index (χ3n) is 3.62. The Balaban J connectivity index is 1.80. The van der Waals surface area contributed by atoms with Crippen molar-refractivity contribution in [2.24, 2.45) is 0 Å². The van der Waals surface area contributed by atoms with Crippen molar-refractivity contribution in [1.29, 1.82) is 0 Å². The number of likely N-dealkylation sites (N-methyl/N-ethyl adjacent to an activating group) is 1. The molecule has 0 aliphatic rings. The van der Waals surface area contributed by atoms with Crippen molar-refractivity contribution in [3.63, 3.8) is 0 Å². The summed E-state index contributed by atoms with van der Waals surface area (Å²) in [4.78, 5) is 22.7. The normalized spacial score (nSPS) is 10.6. The number of amides is 1. The molecular weight excluding hydrogens is 325 g/mol. The molecule has 24 heavy (non-hydrogen) atoms. The van der Waals surface area contributed by atoms with Crippen LogP contribution in [0.3, 0.4) is 0 Å². The van der Waals surface area contributed by atoms with Gasteiger partial charge in [-0.3, -0.25) is 14.7 Å². The molecule has 0 saturated heterocycles. The molecule has 0 spiro atoms. The van der Waals surface area contributed by atoms with Crippen LogP contribution in [0.25, 0.3) is 11.3 Å². The average Bonchev–Trinajstić information content (AvgIpc) is 3.08. The number of halogens is 1. The first-order valence-electron chi connectivity index (χ1n) is 7.58. The van der Waals surface area contributed by atoms with E-state index in [4.69, 9.17) is 0 Å². The fourth-order valence-corrected chi connectivity index (χ4v) is 3.28. The number of hydrogen-bond acceptors (Lipinski definition) is 4. The molecule has 0 fully saturated rings. The Kier molecular flexibility index (Phi) is 4.96. The van der Waals surface area contributed by atoms with Crippen molar-refractivity contribution in [1.82, 2.24) is 9.97 Å². The highest BCUT2D eigenvalue weighted by Crippen LogP contribution is 2.27. The summed E-state index contributed by atoms with van der Waals surface area (Å²) in [6, 6.07) is 10.1. The lowest BCUT2D eigenvalue weighted by atomic mass is 10.1. The zero-order chi connectivity index (χ0) is 16.9. The molecule has 1 amide bonds. The predicted octanol–water partition coefficient (Wildman–Crippen LogP) is 3.94. The standard InChI is InChI=1S/C18H16FN3OS/c1-2-22(17(23)11-14-5-3-4-6-15(14)19)18-21-16(12-24-18)13-7-9-20-10-8-13/h3-10,12H,2,11H2,1H3. The van der Waals surface area contributed by atoms with Crippen LogP contribution in [0.2, 0.25) is 0 Å². The number of anilines is 1. The minimum atomic E-state index is -0.362. The number of nitrogens with zero attached hydrogens (tertiary/aromatic N) is 3. The van der Waals surface area contributed by atoms with Gasteiger partial charge in [0.05, 0.1) is 12.1 Å². The van der Waals surface area contributed by atoms with Crippen LogP contribution in [0.4, 0.5) is 9.52 Å². The zero-order valence-electron chi connectivity index (χ0n) is 13.1. The molecule has 3 aromatic rings. The number of pyridine rings is 1. The first-order chi connectivity index (χ1) is 11.7. The Bertz CT molecular complexity index is 835. The molecule has 3 rings (SSSR count). The summed E-state index contributed by atoms with van der Waals surface area (Å²) in [6.45, 7) is 2.36. The number of thiazole rings is 1. The van der Waals surface area contributed by atoms with Crippen molar-refractivity contribution in [3.8, 4) is 11.3 Å². The highest BCUT2D eigenvalue weighted by Gasteiger charge is 2.19. The second-order valence-corrected chi connectivity index (χ2v) is 5.99. The third kappa shape index (κ3) is 3.49. The van der Waals surface area contributed by atoms with Gasteiger partial charge in [0.2, 0.25) is 5.91 Å². The molecule has 0 atom stereocenters. The van der Waals surface area contributed by atoms with Crippen molar-refractivity contribution in [2.45, 2.75) is 13.3 Å². The number of hydrogen-bond donors (Lipinski definition) is 0. The molecule has 0 aliphatic heterocycles. The Hall–Kier alpha value is -2.60. The lowest BCUT2D eigenvalue weighted by molar-refractivity contribution is -0.118. The average molecular weight is 341 g/mol. The number of benzene rings is 1. The van der Waals surface area contributed by atoms with E-state index in [9.17, 15) is 9.18 Å². The van der Waals surface area contributed by atoms with Crippen molar-refractivity contribution in [3.05, 3.63) is 65.6 Å². The Labute approximate surface area is 143 Å². The zero-order valence-corrected chi connectivity index (χ0v) is 14.0. The van der Waals surface area contributed by atoms with E-state index in [0.717, 1.165) is 11.3 Å². The molecule has 0 unspecified atom stereocenters. The van der Waals surface area contributed by atoms with Gasteiger partial charge in [0, 0.05) is 29.9 Å². The van der Waals surface area contributed by atoms with Crippen LogP contribution in [-0.4, -0.2) is 22.4 Å². The van der Waals surface area contributed by atoms with E-state index >= 15 is 0 Å². The van der Waals surface area contributed by atoms with Crippen molar-refractivity contribution < 1.29 is 9.18 Å². The molecule has 0 radical (unpaired) electrons. The molecule has 2 aromatic heterocycles. The van der Waals surface area contributed by atoms with Gasteiger partial charge < -0.3 is 0 Å². The van der Waals surface area contributed by atoms with Crippen LogP contribution in [0, 0.1) is 5.82 Å². The molecule has 4 nitrogen and oxygen atoms in total. The third-order valence-corrected chi connectivity index (χ3v) is 4.48. The topological polar surface area (TPSA) is 46.1 Å². The summed E-state index contributed by atoms with van der Waals surface area (Å²) in [5, 5.41) is 2.52. The van der Waals surface area contributed by atoms with Gasteiger partial charge in [-0.1, -0.05) is 18.2 Å². The van der Waals surface area contributed by atoms with Gasteiger partial charge in [-0.05, 0) is 30.7 Å². The van der Waals surface area contributed by atoms with Crippen LogP contribution < -0.4 is 4.90 Å². The van der Waals surface area contributed by atoms with E-state index in [2.05, 4.69) is 9.97 Å². The molecule has 0 aliphatic carbocycles. The minimum absolute atomic E-state index is 0.0185. The van der Waals surface area contributed by atoms with Gasteiger partial charge in [0.25, 0.3) is 0 Å². The predicted molar refractivity (Wildman–Crippen MR) is 93.5 cm³/mol. The van der Waals surface area contributed by atoms with Gasteiger partial charge >= 0.3 is 0 Å². The highest BCUT2D eigenvalue weighted by atomic mass is 32.1. The molecule has 0 N–H and O–H groups in total. The van der Waals surface area contributed by atoms with Crippen molar-refractivity contribution in [2.75, 3.05) is 11.4 Å². The summed E-state index contributed by atoms with van der Waals surface area (Å²) >= 11 is 1.40. The Morgan fingerprint density at radius 1 is 1.21 bits per heavy atom. The summed E-state index contributed by atoms with van der Waals surface area (Å²) in [5.41, 5.74) is 2.14. The summed E-state index contributed by atoms with van der Waals surface area (Å²) in [6.07, 6.45) is 3.43. The first-order valence-corrected chi connectivity index (χ1v) is 8.46. The Morgan fingerprint density at radius 3 is 2.67 bits per heavy atom. The maximum atomic E-state index is 13.8. The fraction of sp³-hybridized carbons (Fsp3) is 0.167. The number of carbonyl (C=O) groups excluding carboxylic acids is 1. The molecular formula is C18H16FN3OS. The largest absolute Gasteiger partial charge is 0.288 e. The number of aromatic nitrogens is 2. The van der Waals surface area contributed by atoms with E-state index in [1.54, 1.807) is 35.5 Å². The first kappa shape index (κ1) is 16.3.